The molecule has 18 heavy (non-hydrogen) atoms. The van der Waals surface area contributed by atoms with Gasteiger partial charge >= 0.3 is 0 Å². The molecule has 0 spiro atoms. The normalized spacial score (nSPS) is 19.7. The average Bonchev–Trinajstić information content (AvgIpc) is 2.35. The number of hydrogen-bond acceptors (Lipinski definition) is 4. The van der Waals surface area contributed by atoms with Crippen LogP contribution in [0.5, 0.6) is 0 Å². The van der Waals surface area contributed by atoms with Gasteiger partial charge in [-0.15, -0.1) is 23.5 Å². The number of oxime groups is 1. The molecule has 1 heterocycles. The van der Waals surface area contributed by atoms with E-state index < -0.39 is 0 Å². The fourth-order valence-electron chi connectivity index (χ4n) is 1.43. The SMILES string of the molecule is CC1SCC(=NOCc2c(F)cccc2Cl)CS1. The van der Waals surface area contributed by atoms with Gasteiger partial charge in [-0.25, -0.2) is 4.39 Å². The molecule has 0 radical (unpaired) electrons. The zero-order chi connectivity index (χ0) is 13.0. The molecule has 0 aromatic heterocycles. The third kappa shape index (κ3) is 3.80. The lowest BCUT2D eigenvalue weighted by Gasteiger charge is -2.17. The molecule has 1 fully saturated rings. The van der Waals surface area contributed by atoms with Crippen LogP contribution in [-0.2, 0) is 11.4 Å². The van der Waals surface area contributed by atoms with Crippen LogP contribution in [0.1, 0.15) is 12.5 Å². The predicted molar refractivity (Wildman–Crippen MR) is 78.0 cm³/mol. The first-order valence-corrected chi connectivity index (χ1v) is 7.98. The summed E-state index contributed by atoms with van der Waals surface area (Å²) in [5.74, 6) is 1.39. The Kier molecular flexibility index (Phi) is 5.21. The summed E-state index contributed by atoms with van der Waals surface area (Å²) < 4.78 is 14.0. The zero-order valence-corrected chi connectivity index (χ0v) is 12.2. The Bertz CT molecular complexity index is 425. The summed E-state index contributed by atoms with van der Waals surface area (Å²) in [7, 11) is 0. The van der Waals surface area contributed by atoms with Gasteiger partial charge in [-0.1, -0.05) is 22.8 Å². The average molecular weight is 306 g/mol. The molecule has 2 rings (SSSR count). The van der Waals surface area contributed by atoms with Crippen LogP contribution in [0.4, 0.5) is 4.39 Å². The first-order valence-electron chi connectivity index (χ1n) is 5.50. The van der Waals surface area contributed by atoms with Crippen molar-refractivity contribution >= 4 is 40.8 Å². The van der Waals surface area contributed by atoms with Crippen LogP contribution < -0.4 is 0 Å². The number of rotatable bonds is 3. The highest BCUT2D eigenvalue weighted by molar-refractivity contribution is 8.18. The van der Waals surface area contributed by atoms with Crippen molar-refractivity contribution in [1.29, 1.82) is 0 Å². The van der Waals surface area contributed by atoms with Crippen molar-refractivity contribution < 1.29 is 9.23 Å². The van der Waals surface area contributed by atoms with E-state index in [1.54, 1.807) is 12.1 Å². The van der Waals surface area contributed by atoms with Crippen molar-refractivity contribution in [3.63, 3.8) is 0 Å². The van der Waals surface area contributed by atoms with Crippen molar-refractivity contribution in [3.05, 3.63) is 34.6 Å². The molecule has 0 atom stereocenters. The van der Waals surface area contributed by atoms with Crippen molar-refractivity contribution in [1.82, 2.24) is 0 Å². The number of nitrogens with zero attached hydrogens (tertiary/aromatic N) is 1. The van der Waals surface area contributed by atoms with Gasteiger partial charge in [-0.05, 0) is 19.1 Å². The van der Waals surface area contributed by atoms with Crippen LogP contribution in [0.2, 0.25) is 5.02 Å². The molecule has 1 aromatic carbocycles. The molecular formula is C12H13ClFNOS2. The molecule has 0 unspecified atom stereocenters. The summed E-state index contributed by atoms with van der Waals surface area (Å²) >= 11 is 9.55. The molecule has 0 aliphatic carbocycles. The van der Waals surface area contributed by atoms with Gasteiger partial charge in [-0.3, -0.25) is 0 Å². The summed E-state index contributed by atoms with van der Waals surface area (Å²) in [5.41, 5.74) is 1.35. The Hall–Kier alpha value is -0.390. The van der Waals surface area contributed by atoms with E-state index in [1.165, 1.54) is 6.07 Å². The van der Waals surface area contributed by atoms with Crippen molar-refractivity contribution in [2.75, 3.05) is 11.5 Å². The second-order valence-corrected chi connectivity index (χ2v) is 7.18. The third-order valence-electron chi connectivity index (χ3n) is 2.43. The lowest BCUT2D eigenvalue weighted by Crippen LogP contribution is -2.15. The van der Waals surface area contributed by atoms with Crippen molar-refractivity contribution in [2.45, 2.75) is 18.1 Å². The van der Waals surface area contributed by atoms with Crippen LogP contribution in [0, 0.1) is 5.82 Å². The quantitative estimate of drug-likeness (QED) is 0.782. The summed E-state index contributed by atoms with van der Waals surface area (Å²) in [6.45, 7) is 2.24. The van der Waals surface area contributed by atoms with Gasteiger partial charge in [-0.2, -0.15) is 0 Å². The first-order chi connectivity index (χ1) is 8.66. The number of benzene rings is 1. The number of thioether (sulfide) groups is 2. The fraction of sp³-hybridized carbons (Fsp3) is 0.417. The Labute approximate surface area is 119 Å². The topological polar surface area (TPSA) is 21.6 Å². The van der Waals surface area contributed by atoms with Crippen molar-refractivity contribution in [2.24, 2.45) is 5.16 Å². The van der Waals surface area contributed by atoms with Gasteiger partial charge in [0.05, 0.1) is 10.7 Å². The highest BCUT2D eigenvalue weighted by Gasteiger charge is 2.15. The minimum atomic E-state index is -0.358. The predicted octanol–water partition coefficient (Wildman–Crippen LogP) is 4.18. The van der Waals surface area contributed by atoms with Crippen LogP contribution in [0.3, 0.4) is 0 Å². The maximum absolute atomic E-state index is 13.4. The smallest absolute Gasteiger partial charge is 0.146 e. The highest BCUT2D eigenvalue weighted by atomic mass is 35.5. The Balaban J connectivity index is 1.90. The largest absolute Gasteiger partial charge is 0.391 e. The molecule has 0 amide bonds. The molecule has 2 nitrogen and oxygen atoms in total. The van der Waals surface area contributed by atoms with Gasteiger partial charge in [0.1, 0.15) is 12.4 Å². The molecule has 0 bridgehead atoms. The van der Waals surface area contributed by atoms with E-state index in [4.69, 9.17) is 16.4 Å². The molecule has 1 aliphatic heterocycles. The molecular weight excluding hydrogens is 293 g/mol. The van der Waals surface area contributed by atoms with Crippen LogP contribution in [-0.4, -0.2) is 21.8 Å². The molecule has 98 valence electrons. The van der Waals surface area contributed by atoms with E-state index in [-0.39, 0.29) is 12.4 Å². The van der Waals surface area contributed by atoms with E-state index in [0.29, 0.717) is 15.2 Å². The molecule has 1 aliphatic rings. The Morgan fingerprint density at radius 2 is 2.17 bits per heavy atom. The van der Waals surface area contributed by atoms with E-state index in [0.717, 1.165) is 17.2 Å². The number of hydrogen-bond donors (Lipinski definition) is 0. The summed E-state index contributed by atoms with van der Waals surface area (Å²) in [5, 5.41) is 4.42. The van der Waals surface area contributed by atoms with E-state index in [2.05, 4.69) is 12.1 Å². The molecule has 1 aromatic rings. The lowest BCUT2D eigenvalue weighted by atomic mass is 10.2. The number of halogens is 2. The van der Waals surface area contributed by atoms with E-state index in [1.807, 2.05) is 23.5 Å². The molecule has 0 N–H and O–H groups in total. The monoisotopic (exact) mass is 305 g/mol. The Morgan fingerprint density at radius 3 is 2.83 bits per heavy atom. The van der Waals surface area contributed by atoms with Crippen molar-refractivity contribution in [3.8, 4) is 0 Å². The second-order valence-electron chi connectivity index (χ2n) is 3.82. The third-order valence-corrected chi connectivity index (χ3v) is 5.54. The van der Waals surface area contributed by atoms with Gasteiger partial charge in [0, 0.05) is 21.7 Å². The first kappa shape index (κ1) is 14.0. The van der Waals surface area contributed by atoms with Crippen LogP contribution in [0.15, 0.2) is 23.4 Å². The minimum absolute atomic E-state index is 0.0693. The lowest BCUT2D eigenvalue weighted by molar-refractivity contribution is 0.128. The summed E-state index contributed by atoms with van der Waals surface area (Å²) in [4.78, 5) is 5.19. The molecule has 1 saturated heterocycles. The highest BCUT2D eigenvalue weighted by Crippen LogP contribution is 2.28. The second kappa shape index (κ2) is 6.68. The van der Waals surface area contributed by atoms with E-state index >= 15 is 0 Å². The Morgan fingerprint density at radius 1 is 1.44 bits per heavy atom. The van der Waals surface area contributed by atoms with Crippen LogP contribution >= 0.6 is 35.1 Å². The van der Waals surface area contributed by atoms with Gasteiger partial charge in [0.2, 0.25) is 0 Å². The van der Waals surface area contributed by atoms with Gasteiger partial charge in [0.15, 0.2) is 0 Å². The van der Waals surface area contributed by atoms with Gasteiger partial charge in [0.25, 0.3) is 0 Å². The maximum atomic E-state index is 13.4. The molecule has 6 heteroatoms. The summed E-state index contributed by atoms with van der Waals surface area (Å²) in [6, 6.07) is 4.58. The fourth-order valence-corrected chi connectivity index (χ4v) is 3.73. The summed E-state index contributed by atoms with van der Waals surface area (Å²) in [6.07, 6.45) is 0. The zero-order valence-electron chi connectivity index (χ0n) is 9.86. The molecule has 0 saturated carbocycles. The maximum Gasteiger partial charge on any atom is 0.146 e. The minimum Gasteiger partial charge on any atom is -0.391 e. The van der Waals surface area contributed by atoms with Gasteiger partial charge < -0.3 is 4.84 Å². The van der Waals surface area contributed by atoms with Crippen LogP contribution in [0.25, 0.3) is 0 Å². The standard InChI is InChI=1S/C12H13ClFNOS2/c1-8-17-6-9(7-18-8)15-16-5-10-11(13)3-2-4-12(10)14/h2-4,8H,5-7H2,1H3. The van der Waals surface area contributed by atoms with E-state index in [9.17, 15) is 4.39 Å².